The molecular weight excluding hydrogens is 241 g/mol. The van der Waals surface area contributed by atoms with Gasteiger partial charge < -0.3 is 4.74 Å². The van der Waals surface area contributed by atoms with Crippen molar-refractivity contribution >= 4 is 0 Å². The molecule has 2 aromatic carbocycles. The Balaban J connectivity index is 2.61. The van der Waals surface area contributed by atoms with Crippen molar-refractivity contribution in [1.29, 1.82) is 0 Å². The molecule has 0 spiro atoms. The van der Waals surface area contributed by atoms with Crippen molar-refractivity contribution in [2.45, 2.75) is 6.18 Å². The summed E-state index contributed by atoms with van der Waals surface area (Å²) < 4.78 is 43.8. The molecule has 0 aliphatic heterocycles. The number of rotatable bonds is 2. The Morgan fingerprint density at radius 1 is 0.944 bits per heavy atom. The summed E-state index contributed by atoms with van der Waals surface area (Å²) in [5.74, 6) is 0.196. The van der Waals surface area contributed by atoms with Crippen molar-refractivity contribution < 1.29 is 17.9 Å². The third kappa shape index (κ3) is 2.47. The van der Waals surface area contributed by atoms with Crippen LogP contribution in [0.25, 0.3) is 11.1 Å². The number of benzene rings is 2. The standard InChI is InChI=1S/C14H11F3O/c1-18-11-7-8-12(10-5-3-2-4-6-10)13(9-11)14(15,16)17/h2-9H,1H3. The number of hydrogen-bond donors (Lipinski definition) is 0. The fourth-order valence-corrected chi connectivity index (χ4v) is 1.75. The van der Waals surface area contributed by atoms with Gasteiger partial charge in [0.2, 0.25) is 0 Å². The molecule has 0 saturated heterocycles. The van der Waals surface area contributed by atoms with Crippen LogP contribution in [0.2, 0.25) is 0 Å². The number of alkyl halides is 3. The maximum Gasteiger partial charge on any atom is 0.417 e. The zero-order valence-corrected chi connectivity index (χ0v) is 9.66. The third-order valence-corrected chi connectivity index (χ3v) is 2.62. The van der Waals surface area contributed by atoms with Crippen molar-refractivity contribution in [2.24, 2.45) is 0 Å². The van der Waals surface area contributed by atoms with Gasteiger partial charge in [0.15, 0.2) is 0 Å². The van der Waals surface area contributed by atoms with Gasteiger partial charge in [-0.2, -0.15) is 13.2 Å². The Kier molecular flexibility index (Phi) is 3.28. The molecule has 2 rings (SSSR count). The van der Waals surface area contributed by atoms with Gasteiger partial charge in [0.1, 0.15) is 5.75 Å². The molecule has 1 nitrogen and oxygen atoms in total. The van der Waals surface area contributed by atoms with E-state index in [0.29, 0.717) is 5.56 Å². The second-order valence-corrected chi connectivity index (χ2v) is 3.78. The fraction of sp³-hybridized carbons (Fsp3) is 0.143. The second kappa shape index (κ2) is 4.72. The van der Waals surface area contributed by atoms with Gasteiger partial charge in [-0.3, -0.25) is 0 Å². The number of methoxy groups -OCH3 is 1. The largest absolute Gasteiger partial charge is 0.497 e. The molecule has 0 aliphatic rings. The number of hydrogen-bond acceptors (Lipinski definition) is 1. The van der Waals surface area contributed by atoms with Crippen LogP contribution in [-0.2, 0) is 6.18 Å². The normalized spacial score (nSPS) is 11.3. The van der Waals surface area contributed by atoms with Gasteiger partial charge in [0.25, 0.3) is 0 Å². The van der Waals surface area contributed by atoms with Crippen molar-refractivity contribution in [3.63, 3.8) is 0 Å². The first kappa shape index (κ1) is 12.5. The minimum absolute atomic E-state index is 0.156. The molecule has 0 radical (unpaired) electrons. The topological polar surface area (TPSA) is 9.23 Å². The molecule has 0 saturated carbocycles. The molecule has 0 heterocycles. The van der Waals surface area contributed by atoms with E-state index in [-0.39, 0.29) is 11.3 Å². The Morgan fingerprint density at radius 3 is 2.17 bits per heavy atom. The van der Waals surface area contributed by atoms with Crippen molar-refractivity contribution in [3.8, 4) is 16.9 Å². The summed E-state index contributed by atoms with van der Waals surface area (Å²) in [7, 11) is 1.34. The number of ether oxygens (including phenoxy) is 1. The summed E-state index contributed by atoms with van der Waals surface area (Å²) in [4.78, 5) is 0. The highest BCUT2D eigenvalue weighted by Gasteiger charge is 2.34. The van der Waals surface area contributed by atoms with Crippen LogP contribution in [0.5, 0.6) is 5.75 Å². The van der Waals surface area contributed by atoms with E-state index in [1.807, 2.05) is 0 Å². The van der Waals surface area contributed by atoms with E-state index in [1.165, 1.54) is 19.2 Å². The van der Waals surface area contributed by atoms with Gasteiger partial charge in [-0.25, -0.2) is 0 Å². The molecule has 0 N–H and O–H groups in total. The van der Waals surface area contributed by atoms with E-state index >= 15 is 0 Å². The van der Waals surface area contributed by atoms with Gasteiger partial charge in [-0.1, -0.05) is 36.4 Å². The lowest BCUT2D eigenvalue weighted by Crippen LogP contribution is -2.07. The van der Waals surface area contributed by atoms with Crippen molar-refractivity contribution in [1.82, 2.24) is 0 Å². The second-order valence-electron chi connectivity index (χ2n) is 3.78. The minimum Gasteiger partial charge on any atom is -0.497 e. The molecule has 2 aromatic rings. The van der Waals surface area contributed by atoms with E-state index in [1.54, 1.807) is 30.3 Å². The van der Waals surface area contributed by atoms with Crippen molar-refractivity contribution in [2.75, 3.05) is 7.11 Å². The Hall–Kier alpha value is -1.97. The Morgan fingerprint density at radius 2 is 1.61 bits per heavy atom. The maximum atomic E-state index is 13.0. The minimum atomic E-state index is -4.40. The fourth-order valence-electron chi connectivity index (χ4n) is 1.75. The summed E-state index contributed by atoms with van der Waals surface area (Å²) in [6, 6.07) is 12.4. The van der Waals surface area contributed by atoms with Crippen LogP contribution in [0.4, 0.5) is 13.2 Å². The van der Waals surface area contributed by atoms with E-state index in [2.05, 4.69) is 0 Å². The first-order valence-corrected chi connectivity index (χ1v) is 5.33. The lowest BCUT2D eigenvalue weighted by molar-refractivity contribution is -0.137. The molecule has 0 fully saturated rings. The molecule has 94 valence electrons. The predicted molar refractivity (Wildman–Crippen MR) is 63.4 cm³/mol. The van der Waals surface area contributed by atoms with E-state index < -0.39 is 11.7 Å². The molecule has 4 heteroatoms. The van der Waals surface area contributed by atoms with E-state index in [9.17, 15) is 13.2 Å². The highest BCUT2D eigenvalue weighted by molar-refractivity contribution is 5.69. The summed E-state index contributed by atoms with van der Waals surface area (Å²) >= 11 is 0. The monoisotopic (exact) mass is 252 g/mol. The first-order chi connectivity index (χ1) is 8.52. The zero-order chi connectivity index (χ0) is 13.2. The summed E-state index contributed by atoms with van der Waals surface area (Å²) in [6.45, 7) is 0. The smallest absolute Gasteiger partial charge is 0.417 e. The van der Waals surface area contributed by atoms with Crippen LogP contribution in [-0.4, -0.2) is 7.11 Å². The van der Waals surface area contributed by atoms with E-state index in [0.717, 1.165) is 6.07 Å². The lowest BCUT2D eigenvalue weighted by Gasteiger charge is -2.14. The first-order valence-electron chi connectivity index (χ1n) is 5.33. The quantitative estimate of drug-likeness (QED) is 0.770. The molecule has 0 atom stereocenters. The van der Waals surface area contributed by atoms with Crippen LogP contribution >= 0.6 is 0 Å². The molecule has 18 heavy (non-hydrogen) atoms. The van der Waals surface area contributed by atoms with Crippen molar-refractivity contribution in [3.05, 3.63) is 54.1 Å². The SMILES string of the molecule is COc1ccc(-c2ccccc2)c(C(F)(F)F)c1. The molecule has 0 aromatic heterocycles. The van der Waals surface area contributed by atoms with Gasteiger partial charge in [-0.05, 0) is 23.3 Å². The summed E-state index contributed by atoms with van der Waals surface area (Å²) in [5, 5.41) is 0. The van der Waals surface area contributed by atoms with Gasteiger partial charge >= 0.3 is 6.18 Å². The predicted octanol–water partition coefficient (Wildman–Crippen LogP) is 4.38. The molecule has 0 bridgehead atoms. The zero-order valence-electron chi connectivity index (χ0n) is 9.66. The number of halogens is 3. The highest BCUT2D eigenvalue weighted by atomic mass is 19.4. The van der Waals surface area contributed by atoms with Crippen LogP contribution < -0.4 is 4.74 Å². The van der Waals surface area contributed by atoms with E-state index in [4.69, 9.17) is 4.74 Å². The Bertz CT molecular complexity index is 532. The Labute approximate surface area is 103 Å². The highest BCUT2D eigenvalue weighted by Crippen LogP contribution is 2.38. The lowest BCUT2D eigenvalue weighted by atomic mass is 9.99. The van der Waals surface area contributed by atoms with Crippen LogP contribution in [0.3, 0.4) is 0 Å². The summed E-state index contributed by atoms with van der Waals surface area (Å²) in [5.41, 5.74) is 0.00410. The third-order valence-electron chi connectivity index (χ3n) is 2.62. The average molecular weight is 252 g/mol. The van der Waals surface area contributed by atoms with Crippen LogP contribution in [0.15, 0.2) is 48.5 Å². The molecule has 0 unspecified atom stereocenters. The van der Waals surface area contributed by atoms with Crippen LogP contribution in [0, 0.1) is 0 Å². The maximum absolute atomic E-state index is 13.0. The van der Waals surface area contributed by atoms with Gasteiger partial charge in [0, 0.05) is 0 Å². The summed E-state index contributed by atoms with van der Waals surface area (Å²) in [6.07, 6.45) is -4.40. The molecule has 0 aliphatic carbocycles. The molecular formula is C14H11F3O. The van der Waals surface area contributed by atoms with Crippen LogP contribution in [0.1, 0.15) is 5.56 Å². The van der Waals surface area contributed by atoms with Gasteiger partial charge in [0.05, 0.1) is 12.7 Å². The van der Waals surface area contributed by atoms with Gasteiger partial charge in [-0.15, -0.1) is 0 Å². The average Bonchev–Trinajstić information content (AvgIpc) is 2.38. The molecule has 0 amide bonds.